The molecule has 0 saturated carbocycles. The summed E-state index contributed by atoms with van der Waals surface area (Å²) >= 11 is 0. The molecule has 0 aliphatic heterocycles. The molecule has 0 unspecified atom stereocenters. The monoisotopic (exact) mass is 310 g/mol. The Morgan fingerprint density at radius 3 is 2.57 bits per heavy atom. The number of carbonyl (C=O) groups is 1. The summed E-state index contributed by atoms with van der Waals surface area (Å²) < 4.78 is 7.45. The second-order valence-electron chi connectivity index (χ2n) is 5.65. The molecule has 5 nitrogen and oxygen atoms in total. The number of benzene rings is 1. The smallest absolute Gasteiger partial charge is 0.354 e. The molecule has 0 atom stereocenters. The summed E-state index contributed by atoms with van der Waals surface area (Å²) in [6, 6.07) is 9.61. The van der Waals surface area contributed by atoms with Crippen molar-refractivity contribution in [3.63, 3.8) is 0 Å². The summed E-state index contributed by atoms with van der Waals surface area (Å²) in [6.07, 6.45) is 1.73. The Morgan fingerprint density at radius 1 is 1.22 bits per heavy atom. The highest BCUT2D eigenvalue weighted by Gasteiger charge is 2.19. The standard InChI is InChI=1S/C18H18N2O3/c1-11-7-8-20-15(9-11)19-14(16(20)18(21)22)10-23-17-12(2)5-4-6-13(17)3/h4-9H,10H2,1-3H3,(H,21,22). The summed E-state index contributed by atoms with van der Waals surface area (Å²) in [6.45, 7) is 6.00. The zero-order valence-corrected chi connectivity index (χ0v) is 13.3. The molecule has 0 aliphatic rings. The van der Waals surface area contributed by atoms with E-state index in [9.17, 15) is 9.90 Å². The molecule has 23 heavy (non-hydrogen) atoms. The number of rotatable bonds is 4. The number of ether oxygens (including phenoxy) is 1. The van der Waals surface area contributed by atoms with Crippen LogP contribution < -0.4 is 4.74 Å². The summed E-state index contributed by atoms with van der Waals surface area (Å²) in [5, 5.41) is 9.51. The Kier molecular flexibility index (Phi) is 3.78. The number of hydrogen-bond donors (Lipinski definition) is 1. The fourth-order valence-electron chi connectivity index (χ4n) is 2.69. The Bertz CT molecular complexity index is 876. The highest BCUT2D eigenvalue weighted by Crippen LogP contribution is 2.24. The van der Waals surface area contributed by atoms with Crippen LogP contribution in [-0.4, -0.2) is 20.5 Å². The Morgan fingerprint density at radius 2 is 1.91 bits per heavy atom. The highest BCUT2D eigenvalue weighted by molar-refractivity contribution is 5.88. The average Bonchev–Trinajstić information content (AvgIpc) is 2.84. The van der Waals surface area contributed by atoms with Crippen LogP contribution in [0.15, 0.2) is 36.5 Å². The lowest BCUT2D eigenvalue weighted by atomic mass is 10.1. The summed E-state index contributed by atoms with van der Waals surface area (Å²) in [5.74, 6) is -0.237. The maximum atomic E-state index is 11.6. The molecule has 3 aromatic rings. The van der Waals surface area contributed by atoms with E-state index in [0.29, 0.717) is 11.3 Å². The van der Waals surface area contributed by atoms with Gasteiger partial charge in [0.1, 0.15) is 23.7 Å². The number of imidazole rings is 1. The fraction of sp³-hybridized carbons (Fsp3) is 0.222. The lowest BCUT2D eigenvalue weighted by Gasteiger charge is -2.11. The van der Waals surface area contributed by atoms with Gasteiger partial charge in [-0.05, 0) is 49.6 Å². The van der Waals surface area contributed by atoms with Gasteiger partial charge in [-0.2, -0.15) is 0 Å². The predicted molar refractivity (Wildman–Crippen MR) is 87.1 cm³/mol. The molecule has 0 amide bonds. The maximum Gasteiger partial charge on any atom is 0.354 e. The Labute approximate surface area is 134 Å². The lowest BCUT2D eigenvalue weighted by molar-refractivity contribution is 0.0686. The minimum absolute atomic E-state index is 0.119. The molecule has 0 aliphatic carbocycles. The van der Waals surface area contributed by atoms with E-state index in [1.165, 1.54) is 0 Å². The van der Waals surface area contributed by atoms with Crippen LogP contribution in [0.3, 0.4) is 0 Å². The van der Waals surface area contributed by atoms with Gasteiger partial charge in [0.25, 0.3) is 0 Å². The second-order valence-corrected chi connectivity index (χ2v) is 5.65. The average molecular weight is 310 g/mol. The van der Waals surface area contributed by atoms with Crippen molar-refractivity contribution in [1.82, 2.24) is 9.38 Å². The molecule has 0 saturated heterocycles. The molecule has 2 aromatic heterocycles. The van der Waals surface area contributed by atoms with Crippen molar-refractivity contribution in [1.29, 1.82) is 0 Å². The van der Waals surface area contributed by atoms with Gasteiger partial charge in [0, 0.05) is 6.20 Å². The van der Waals surface area contributed by atoms with E-state index in [4.69, 9.17) is 4.74 Å². The van der Waals surface area contributed by atoms with Crippen molar-refractivity contribution in [2.75, 3.05) is 0 Å². The molecule has 2 heterocycles. The fourth-order valence-corrected chi connectivity index (χ4v) is 2.69. The van der Waals surface area contributed by atoms with E-state index in [0.717, 1.165) is 22.4 Å². The van der Waals surface area contributed by atoms with E-state index in [1.807, 2.05) is 51.1 Å². The van der Waals surface area contributed by atoms with Crippen molar-refractivity contribution in [3.05, 3.63) is 64.6 Å². The van der Waals surface area contributed by atoms with Gasteiger partial charge in [-0.15, -0.1) is 0 Å². The first-order chi connectivity index (χ1) is 11.0. The third kappa shape index (κ3) is 2.77. The first kappa shape index (κ1) is 15.1. The summed E-state index contributed by atoms with van der Waals surface area (Å²) in [7, 11) is 0. The lowest BCUT2D eigenvalue weighted by Crippen LogP contribution is -2.08. The minimum atomic E-state index is -1.01. The molecule has 1 aromatic carbocycles. The van der Waals surface area contributed by atoms with Crippen LogP contribution in [0.25, 0.3) is 5.65 Å². The van der Waals surface area contributed by atoms with Gasteiger partial charge in [-0.1, -0.05) is 18.2 Å². The molecule has 5 heteroatoms. The minimum Gasteiger partial charge on any atom is -0.487 e. The van der Waals surface area contributed by atoms with Gasteiger partial charge >= 0.3 is 5.97 Å². The van der Waals surface area contributed by atoms with Crippen LogP contribution in [0.5, 0.6) is 5.75 Å². The zero-order chi connectivity index (χ0) is 16.6. The van der Waals surface area contributed by atoms with Crippen molar-refractivity contribution >= 4 is 11.6 Å². The molecule has 0 radical (unpaired) electrons. The summed E-state index contributed by atoms with van der Waals surface area (Å²) in [4.78, 5) is 16.0. The number of aromatic carboxylic acids is 1. The maximum absolute atomic E-state index is 11.6. The van der Waals surface area contributed by atoms with Gasteiger partial charge in [0.05, 0.1) is 0 Å². The number of nitrogens with zero attached hydrogens (tertiary/aromatic N) is 2. The number of para-hydroxylation sites is 1. The van der Waals surface area contributed by atoms with Crippen LogP contribution in [0.2, 0.25) is 0 Å². The van der Waals surface area contributed by atoms with Crippen LogP contribution >= 0.6 is 0 Å². The first-order valence-electron chi connectivity index (χ1n) is 7.37. The number of aryl methyl sites for hydroxylation is 3. The predicted octanol–water partition coefficient (Wildman–Crippen LogP) is 3.54. The normalized spacial score (nSPS) is 10.9. The largest absolute Gasteiger partial charge is 0.487 e. The number of pyridine rings is 1. The van der Waals surface area contributed by atoms with Crippen molar-refractivity contribution in [2.45, 2.75) is 27.4 Å². The van der Waals surface area contributed by atoms with E-state index < -0.39 is 5.97 Å². The quantitative estimate of drug-likeness (QED) is 0.800. The van der Waals surface area contributed by atoms with Crippen molar-refractivity contribution < 1.29 is 14.6 Å². The molecule has 0 fully saturated rings. The molecule has 0 bridgehead atoms. The number of carboxylic acids is 1. The zero-order valence-electron chi connectivity index (χ0n) is 13.3. The number of aromatic nitrogens is 2. The van der Waals surface area contributed by atoms with Crippen LogP contribution in [0, 0.1) is 20.8 Å². The number of carboxylic acid groups (broad SMARTS) is 1. The summed E-state index contributed by atoms with van der Waals surface area (Å²) in [5.41, 5.74) is 4.24. The second kappa shape index (κ2) is 5.76. The molecule has 1 N–H and O–H groups in total. The van der Waals surface area contributed by atoms with Gasteiger partial charge in [-0.25, -0.2) is 9.78 Å². The molecule has 0 spiro atoms. The van der Waals surface area contributed by atoms with E-state index >= 15 is 0 Å². The third-order valence-corrected chi connectivity index (χ3v) is 3.82. The Balaban J connectivity index is 2.00. The third-order valence-electron chi connectivity index (χ3n) is 3.82. The van der Waals surface area contributed by atoms with E-state index in [-0.39, 0.29) is 12.3 Å². The van der Waals surface area contributed by atoms with Gasteiger partial charge < -0.3 is 9.84 Å². The van der Waals surface area contributed by atoms with Gasteiger partial charge in [-0.3, -0.25) is 4.40 Å². The number of hydrogen-bond acceptors (Lipinski definition) is 3. The van der Waals surface area contributed by atoms with Crippen molar-refractivity contribution in [2.24, 2.45) is 0 Å². The van der Waals surface area contributed by atoms with Crippen molar-refractivity contribution in [3.8, 4) is 5.75 Å². The topological polar surface area (TPSA) is 63.8 Å². The Hall–Kier alpha value is -2.82. The SMILES string of the molecule is Cc1ccn2c(C(=O)O)c(COc3c(C)cccc3C)nc2c1. The highest BCUT2D eigenvalue weighted by atomic mass is 16.5. The molecule has 118 valence electrons. The van der Waals surface area contributed by atoms with Gasteiger partial charge in [0.15, 0.2) is 5.69 Å². The van der Waals surface area contributed by atoms with Gasteiger partial charge in [0.2, 0.25) is 0 Å². The number of fused-ring (bicyclic) bond motifs is 1. The molecular formula is C18H18N2O3. The van der Waals surface area contributed by atoms with Crippen LogP contribution in [0.1, 0.15) is 32.9 Å². The molecule has 3 rings (SSSR count). The first-order valence-corrected chi connectivity index (χ1v) is 7.37. The molecular weight excluding hydrogens is 292 g/mol. The van der Waals surface area contributed by atoms with Crippen LogP contribution in [0.4, 0.5) is 0 Å². The van der Waals surface area contributed by atoms with Crippen LogP contribution in [-0.2, 0) is 6.61 Å². The van der Waals surface area contributed by atoms with E-state index in [1.54, 1.807) is 10.6 Å². The van der Waals surface area contributed by atoms with E-state index in [2.05, 4.69) is 4.98 Å².